The molecule has 0 aliphatic rings. The van der Waals surface area contributed by atoms with Crippen molar-refractivity contribution in [3.63, 3.8) is 0 Å². The molecule has 0 bridgehead atoms. The van der Waals surface area contributed by atoms with Crippen LogP contribution in [0.1, 0.15) is 33.3 Å². The summed E-state index contributed by atoms with van der Waals surface area (Å²) in [7, 11) is -1.92. The molecule has 2 rings (SSSR count). The van der Waals surface area contributed by atoms with E-state index in [1.54, 1.807) is 45.2 Å². The van der Waals surface area contributed by atoms with E-state index in [1.807, 2.05) is 25.1 Å². The first-order valence-corrected chi connectivity index (χ1v) is 13.6. The van der Waals surface area contributed by atoms with Crippen molar-refractivity contribution >= 4 is 27.5 Å². The minimum absolute atomic E-state index is 0.0798. The Balaban J connectivity index is 1.90. The molecule has 0 aliphatic carbocycles. The van der Waals surface area contributed by atoms with Crippen LogP contribution in [0.5, 0.6) is 17.2 Å². The van der Waals surface area contributed by atoms with Gasteiger partial charge >= 0.3 is 0 Å². The zero-order chi connectivity index (χ0) is 26.0. The Labute approximate surface area is 213 Å². The molecule has 0 saturated heterocycles. The van der Waals surface area contributed by atoms with Crippen LogP contribution in [0, 0.1) is 5.92 Å². The van der Waals surface area contributed by atoms with Gasteiger partial charge in [0.05, 0.1) is 12.9 Å². The van der Waals surface area contributed by atoms with E-state index in [2.05, 4.69) is 10.0 Å². The number of benzene rings is 2. The van der Waals surface area contributed by atoms with Crippen molar-refractivity contribution in [2.75, 3.05) is 26.0 Å². The van der Waals surface area contributed by atoms with Gasteiger partial charge in [-0.25, -0.2) is 13.1 Å². The maximum Gasteiger partial charge on any atom is 0.238 e. The Morgan fingerprint density at radius 1 is 1.06 bits per heavy atom. The Kier molecular flexibility index (Phi) is 11.1. The Hall–Kier alpha value is -2.49. The number of methoxy groups -OCH3 is 1. The van der Waals surface area contributed by atoms with Crippen LogP contribution in [0.25, 0.3) is 0 Å². The summed E-state index contributed by atoms with van der Waals surface area (Å²) in [5.74, 6) is 1.25. The number of amides is 1. The average Bonchev–Trinajstić information content (AvgIpc) is 2.82. The van der Waals surface area contributed by atoms with Crippen molar-refractivity contribution in [2.24, 2.45) is 5.92 Å². The fourth-order valence-corrected chi connectivity index (χ4v) is 4.23. The molecule has 2 unspecified atom stereocenters. The lowest BCUT2D eigenvalue weighted by Crippen LogP contribution is -2.50. The summed E-state index contributed by atoms with van der Waals surface area (Å²) in [5.41, 5.74) is 0.940. The van der Waals surface area contributed by atoms with Gasteiger partial charge in [-0.1, -0.05) is 31.5 Å². The van der Waals surface area contributed by atoms with Gasteiger partial charge in [-0.3, -0.25) is 4.79 Å². The van der Waals surface area contributed by atoms with Crippen molar-refractivity contribution in [1.29, 1.82) is 0 Å². The molecule has 0 saturated carbocycles. The molecule has 2 aromatic rings. The third-order valence-corrected chi connectivity index (χ3v) is 6.83. The van der Waals surface area contributed by atoms with E-state index in [0.717, 1.165) is 5.56 Å². The normalized spacial score (nSPS) is 13.2. The molecule has 2 aromatic carbocycles. The molecular weight excluding hydrogens is 492 g/mol. The number of halogens is 1. The van der Waals surface area contributed by atoms with Crippen LogP contribution in [0.15, 0.2) is 42.5 Å². The summed E-state index contributed by atoms with van der Waals surface area (Å²) < 4.78 is 43.4. The van der Waals surface area contributed by atoms with Gasteiger partial charge < -0.3 is 19.5 Å². The lowest BCUT2D eigenvalue weighted by molar-refractivity contribution is -0.123. The maximum absolute atomic E-state index is 12.5. The summed E-state index contributed by atoms with van der Waals surface area (Å²) in [4.78, 5) is 12.5. The number of rotatable bonds is 14. The highest BCUT2D eigenvalue weighted by atomic mass is 35.5. The van der Waals surface area contributed by atoms with E-state index >= 15 is 0 Å². The van der Waals surface area contributed by atoms with Gasteiger partial charge in [-0.15, -0.1) is 0 Å². The Morgan fingerprint density at radius 2 is 1.74 bits per heavy atom. The average molecular weight is 527 g/mol. The maximum atomic E-state index is 12.5. The number of carbonyl (C=O) groups is 1. The van der Waals surface area contributed by atoms with Crippen molar-refractivity contribution in [3.8, 4) is 17.2 Å². The summed E-state index contributed by atoms with van der Waals surface area (Å²) in [6.07, 6.45) is 0.313. The van der Waals surface area contributed by atoms with Gasteiger partial charge in [0.1, 0.15) is 24.5 Å². The van der Waals surface area contributed by atoms with Gasteiger partial charge in [0.25, 0.3) is 0 Å². The Bertz CT molecular complexity index is 1060. The van der Waals surface area contributed by atoms with Crippen LogP contribution < -0.4 is 24.2 Å². The van der Waals surface area contributed by atoms with Gasteiger partial charge in [-0.05, 0) is 68.1 Å². The highest BCUT2D eigenvalue weighted by molar-refractivity contribution is 7.89. The molecule has 10 heteroatoms. The van der Waals surface area contributed by atoms with Crippen LogP contribution in [0.4, 0.5) is 0 Å². The lowest BCUT2D eigenvalue weighted by Gasteiger charge is -2.21. The predicted molar refractivity (Wildman–Crippen MR) is 138 cm³/mol. The van der Waals surface area contributed by atoms with Crippen LogP contribution in [-0.2, 0) is 21.2 Å². The zero-order valence-corrected chi connectivity index (χ0v) is 22.4. The highest BCUT2D eigenvalue weighted by Gasteiger charge is 2.26. The standard InChI is InChI=1S/C25H35ClN2O6S/c1-6-35(30,31)28-24(17(2)3)25(29)27-14-13-19-7-12-22(23(15-19)32-5)34-18(4)16-33-21-10-8-20(26)9-11-21/h7-12,15,17-18,24,28H,6,13-14,16H2,1-5H3,(H,27,29). The van der Waals surface area contributed by atoms with E-state index in [4.69, 9.17) is 25.8 Å². The zero-order valence-electron chi connectivity index (χ0n) is 20.8. The fourth-order valence-electron chi connectivity index (χ4n) is 3.17. The molecule has 0 fully saturated rings. The first-order chi connectivity index (χ1) is 16.5. The van der Waals surface area contributed by atoms with Crippen LogP contribution in [0.2, 0.25) is 5.02 Å². The Morgan fingerprint density at radius 3 is 2.34 bits per heavy atom. The third-order valence-electron chi connectivity index (χ3n) is 5.20. The van der Waals surface area contributed by atoms with Gasteiger partial charge in [0, 0.05) is 11.6 Å². The predicted octanol–water partition coefficient (Wildman–Crippen LogP) is 3.82. The number of hydrogen-bond acceptors (Lipinski definition) is 6. The summed E-state index contributed by atoms with van der Waals surface area (Å²) >= 11 is 5.89. The first kappa shape index (κ1) is 28.7. The lowest BCUT2D eigenvalue weighted by atomic mass is 10.0. The molecule has 0 heterocycles. The van der Waals surface area contributed by atoms with Crippen molar-refractivity contribution in [2.45, 2.75) is 46.3 Å². The largest absolute Gasteiger partial charge is 0.493 e. The molecule has 0 radical (unpaired) electrons. The third kappa shape index (κ3) is 9.58. The molecule has 2 N–H and O–H groups in total. The van der Waals surface area contributed by atoms with Gasteiger partial charge in [0.15, 0.2) is 11.5 Å². The summed E-state index contributed by atoms with van der Waals surface area (Å²) in [6, 6.07) is 11.9. The number of nitrogens with one attached hydrogen (secondary N) is 2. The molecule has 1 amide bonds. The topological polar surface area (TPSA) is 103 Å². The first-order valence-electron chi connectivity index (χ1n) is 11.5. The van der Waals surface area contributed by atoms with Crippen molar-refractivity contribution < 1.29 is 27.4 Å². The van der Waals surface area contributed by atoms with Crippen LogP contribution in [0.3, 0.4) is 0 Å². The van der Waals surface area contributed by atoms with Crippen molar-refractivity contribution in [1.82, 2.24) is 10.0 Å². The van der Waals surface area contributed by atoms with Gasteiger partial charge in [-0.2, -0.15) is 0 Å². The highest BCUT2D eigenvalue weighted by Crippen LogP contribution is 2.29. The second kappa shape index (κ2) is 13.6. The van der Waals surface area contributed by atoms with Crippen molar-refractivity contribution in [3.05, 3.63) is 53.1 Å². The van der Waals surface area contributed by atoms with E-state index < -0.39 is 16.1 Å². The number of ether oxygens (including phenoxy) is 3. The van der Waals surface area contributed by atoms with E-state index in [9.17, 15) is 13.2 Å². The molecule has 8 nitrogen and oxygen atoms in total. The van der Waals surface area contributed by atoms with E-state index in [-0.39, 0.29) is 23.7 Å². The second-order valence-corrected chi connectivity index (χ2v) is 10.9. The SMILES string of the molecule is CCS(=O)(=O)NC(C(=O)NCCc1ccc(OC(C)COc2ccc(Cl)cc2)c(OC)c1)C(C)C. The monoisotopic (exact) mass is 526 g/mol. The number of sulfonamides is 1. The quantitative estimate of drug-likeness (QED) is 0.388. The van der Waals surface area contributed by atoms with E-state index in [1.165, 1.54) is 6.92 Å². The van der Waals surface area contributed by atoms with Crippen LogP contribution >= 0.6 is 11.6 Å². The minimum Gasteiger partial charge on any atom is -0.493 e. The molecule has 0 aromatic heterocycles. The fraction of sp³-hybridized carbons (Fsp3) is 0.480. The minimum atomic E-state index is -3.49. The molecule has 0 aliphatic heterocycles. The molecule has 194 valence electrons. The molecule has 2 atom stereocenters. The van der Waals surface area contributed by atoms with E-state index in [0.29, 0.717) is 41.8 Å². The number of carbonyl (C=O) groups excluding carboxylic acids is 1. The molecule has 0 spiro atoms. The molecule has 35 heavy (non-hydrogen) atoms. The summed E-state index contributed by atoms with van der Waals surface area (Å²) in [5, 5.41) is 3.46. The smallest absolute Gasteiger partial charge is 0.238 e. The second-order valence-electron chi connectivity index (χ2n) is 8.46. The number of hydrogen-bond donors (Lipinski definition) is 2. The summed E-state index contributed by atoms with van der Waals surface area (Å²) in [6.45, 7) is 7.73. The van der Waals surface area contributed by atoms with Gasteiger partial charge in [0.2, 0.25) is 15.9 Å². The van der Waals surface area contributed by atoms with Crippen LogP contribution in [-0.4, -0.2) is 52.5 Å². The molecular formula is C25H35ClN2O6S.